The lowest BCUT2D eigenvalue weighted by atomic mass is 9.87. The molecule has 1 rings (SSSR count). The van der Waals surface area contributed by atoms with Crippen LogP contribution in [0.15, 0.2) is 11.1 Å². The molecule has 0 heterocycles. The molecule has 0 saturated heterocycles. The lowest BCUT2D eigenvalue weighted by Crippen LogP contribution is -2.07. The minimum atomic E-state index is 0.863. The first-order chi connectivity index (χ1) is 7.04. The molecule has 3 atom stereocenters. The first-order valence-electron chi connectivity index (χ1n) is 6.70. The van der Waals surface area contributed by atoms with Crippen LogP contribution in [-0.2, 0) is 0 Å². The summed E-state index contributed by atoms with van der Waals surface area (Å²) in [4.78, 5) is 0. The smallest absolute Gasteiger partial charge is 0.0172 e. The van der Waals surface area contributed by atoms with Crippen LogP contribution in [0, 0.1) is 23.7 Å². The molecule has 0 N–H and O–H groups in total. The summed E-state index contributed by atoms with van der Waals surface area (Å²) in [5.74, 6) is 3.75. The molecule has 88 valence electrons. The molecule has 0 radical (unpaired) electrons. The van der Waals surface area contributed by atoms with Crippen molar-refractivity contribution in [3.8, 4) is 0 Å². The van der Waals surface area contributed by atoms with E-state index in [2.05, 4.69) is 41.5 Å². The molecule has 1 fully saturated rings. The van der Waals surface area contributed by atoms with Crippen molar-refractivity contribution < 1.29 is 0 Å². The van der Waals surface area contributed by atoms with E-state index >= 15 is 0 Å². The first kappa shape index (κ1) is 12.8. The fraction of sp³-hybridized carbons (Fsp3) is 0.867. The summed E-state index contributed by atoms with van der Waals surface area (Å²) < 4.78 is 0. The topological polar surface area (TPSA) is 0 Å². The molecule has 15 heavy (non-hydrogen) atoms. The fourth-order valence-electron chi connectivity index (χ4n) is 3.19. The molecule has 0 aromatic heterocycles. The maximum Gasteiger partial charge on any atom is -0.0172 e. The zero-order chi connectivity index (χ0) is 11.6. The van der Waals surface area contributed by atoms with Gasteiger partial charge >= 0.3 is 0 Å². The molecule has 0 aromatic rings. The highest BCUT2D eigenvalue weighted by Gasteiger charge is 2.47. The van der Waals surface area contributed by atoms with Crippen LogP contribution in [0.4, 0.5) is 0 Å². The Hall–Kier alpha value is -0.260. The van der Waals surface area contributed by atoms with E-state index in [0.717, 1.165) is 23.7 Å². The molecule has 0 aliphatic heterocycles. The Morgan fingerprint density at radius 1 is 1.07 bits per heavy atom. The monoisotopic (exact) mass is 208 g/mol. The second-order valence-corrected chi connectivity index (χ2v) is 5.52. The molecule has 1 aliphatic rings. The number of hydrogen-bond donors (Lipinski definition) is 0. The zero-order valence-electron chi connectivity index (χ0n) is 11.4. The molecule has 0 bridgehead atoms. The molecule has 0 nitrogen and oxygen atoms in total. The fourth-order valence-corrected chi connectivity index (χ4v) is 3.19. The Balaban J connectivity index is 2.71. The Morgan fingerprint density at radius 3 is 1.93 bits per heavy atom. The third kappa shape index (κ3) is 2.65. The predicted octanol–water partition coefficient (Wildman–Crippen LogP) is 5.05. The maximum atomic E-state index is 2.42. The number of rotatable bonds is 5. The predicted molar refractivity (Wildman–Crippen MR) is 68.9 cm³/mol. The van der Waals surface area contributed by atoms with Crippen LogP contribution in [0.25, 0.3) is 0 Å². The highest BCUT2D eigenvalue weighted by atomic mass is 14.5. The van der Waals surface area contributed by atoms with Crippen LogP contribution in [0.3, 0.4) is 0 Å². The lowest BCUT2D eigenvalue weighted by molar-refractivity contribution is 0.474. The van der Waals surface area contributed by atoms with Gasteiger partial charge in [0.15, 0.2) is 0 Å². The molecule has 0 spiro atoms. The molecular weight excluding hydrogens is 180 g/mol. The van der Waals surface area contributed by atoms with E-state index in [1.54, 1.807) is 11.1 Å². The van der Waals surface area contributed by atoms with Crippen molar-refractivity contribution in [1.82, 2.24) is 0 Å². The largest absolute Gasteiger partial charge is 0.0741 e. The minimum absolute atomic E-state index is 0.863. The Kier molecular flexibility index (Phi) is 4.43. The molecule has 1 saturated carbocycles. The van der Waals surface area contributed by atoms with Gasteiger partial charge in [-0.2, -0.15) is 0 Å². The molecule has 3 unspecified atom stereocenters. The Morgan fingerprint density at radius 2 is 1.60 bits per heavy atom. The van der Waals surface area contributed by atoms with Gasteiger partial charge in [-0.3, -0.25) is 0 Å². The van der Waals surface area contributed by atoms with Crippen LogP contribution in [0.1, 0.15) is 60.8 Å². The second-order valence-electron chi connectivity index (χ2n) is 5.52. The third-order valence-electron chi connectivity index (χ3n) is 4.66. The standard InChI is InChI=1S/C15H28/c1-7-9-10(3)11(4)14(8-2)15-12(5)13(15)6/h12-15H,7-9H2,1-6H3. The van der Waals surface area contributed by atoms with E-state index in [-0.39, 0.29) is 0 Å². The van der Waals surface area contributed by atoms with E-state index in [0.29, 0.717) is 0 Å². The van der Waals surface area contributed by atoms with Crippen molar-refractivity contribution in [2.24, 2.45) is 23.7 Å². The molecular formula is C15H28. The van der Waals surface area contributed by atoms with Crippen molar-refractivity contribution in [3.05, 3.63) is 11.1 Å². The van der Waals surface area contributed by atoms with Gasteiger partial charge < -0.3 is 0 Å². The highest BCUT2D eigenvalue weighted by molar-refractivity contribution is 5.17. The van der Waals surface area contributed by atoms with Crippen LogP contribution >= 0.6 is 0 Å². The van der Waals surface area contributed by atoms with Crippen molar-refractivity contribution in [1.29, 1.82) is 0 Å². The molecule has 0 amide bonds. The average Bonchev–Trinajstić information content (AvgIpc) is 2.78. The Labute approximate surface area is 96.2 Å². The third-order valence-corrected chi connectivity index (χ3v) is 4.66. The van der Waals surface area contributed by atoms with Crippen LogP contribution in [0.2, 0.25) is 0 Å². The van der Waals surface area contributed by atoms with Gasteiger partial charge in [0, 0.05) is 0 Å². The summed E-state index contributed by atoms with van der Waals surface area (Å²) in [6.45, 7) is 14.2. The van der Waals surface area contributed by atoms with Crippen molar-refractivity contribution in [3.63, 3.8) is 0 Å². The quantitative estimate of drug-likeness (QED) is 0.555. The van der Waals surface area contributed by atoms with Crippen molar-refractivity contribution >= 4 is 0 Å². The van der Waals surface area contributed by atoms with Gasteiger partial charge in [0.1, 0.15) is 0 Å². The van der Waals surface area contributed by atoms with Gasteiger partial charge in [-0.25, -0.2) is 0 Å². The zero-order valence-corrected chi connectivity index (χ0v) is 11.4. The summed E-state index contributed by atoms with van der Waals surface area (Å²) in [5.41, 5.74) is 3.34. The molecule has 0 aromatic carbocycles. The van der Waals surface area contributed by atoms with E-state index < -0.39 is 0 Å². The molecule has 1 aliphatic carbocycles. The van der Waals surface area contributed by atoms with Crippen LogP contribution in [0.5, 0.6) is 0 Å². The lowest BCUT2D eigenvalue weighted by Gasteiger charge is -2.19. The summed E-state index contributed by atoms with van der Waals surface area (Å²) >= 11 is 0. The van der Waals surface area contributed by atoms with Gasteiger partial charge in [-0.1, -0.05) is 45.3 Å². The number of allylic oxidation sites excluding steroid dienone is 2. The minimum Gasteiger partial charge on any atom is -0.0741 e. The summed E-state index contributed by atoms with van der Waals surface area (Å²) in [7, 11) is 0. The molecule has 0 heteroatoms. The van der Waals surface area contributed by atoms with Gasteiger partial charge in [-0.05, 0) is 50.4 Å². The summed E-state index contributed by atoms with van der Waals surface area (Å²) in [6.07, 6.45) is 3.90. The average molecular weight is 208 g/mol. The van der Waals surface area contributed by atoms with Crippen LogP contribution < -0.4 is 0 Å². The van der Waals surface area contributed by atoms with Gasteiger partial charge in [0.05, 0.1) is 0 Å². The van der Waals surface area contributed by atoms with Crippen molar-refractivity contribution in [2.75, 3.05) is 0 Å². The normalized spacial score (nSPS) is 33.6. The van der Waals surface area contributed by atoms with Gasteiger partial charge in [0.2, 0.25) is 0 Å². The van der Waals surface area contributed by atoms with E-state index in [1.165, 1.54) is 19.3 Å². The SMILES string of the molecule is CCCC(C)=C(C)C(CC)C1C(C)C1C. The number of hydrogen-bond acceptors (Lipinski definition) is 0. The van der Waals surface area contributed by atoms with Gasteiger partial charge in [0.25, 0.3) is 0 Å². The van der Waals surface area contributed by atoms with E-state index in [1.807, 2.05) is 0 Å². The Bertz CT molecular complexity index is 228. The second kappa shape index (κ2) is 5.18. The summed E-state index contributed by atoms with van der Waals surface area (Å²) in [6, 6.07) is 0. The maximum absolute atomic E-state index is 2.42. The summed E-state index contributed by atoms with van der Waals surface area (Å²) in [5, 5.41) is 0. The van der Waals surface area contributed by atoms with Crippen LogP contribution in [-0.4, -0.2) is 0 Å². The van der Waals surface area contributed by atoms with E-state index in [9.17, 15) is 0 Å². The van der Waals surface area contributed by atoms with Crippen molar-refractivity contribution in [2.45, 2.75) is 60.8 Å². The van der Waals surface area contributed by atoms with Gasteiger partial charge in [-0.15, -0.1) is 0 Å². The first-order valence-corrected chi connectivity index (χ1v) is 6.70. The van der Waals surface area contributed by atoms with E-state index in [4.69, 9.17) is 0 Å². The highest BCUT2D eigenvalue weighted by Crippen LogP contribution is 2.53.